The Morgan fingerprint density at radius 1 is 1.29 bits per heavy atom. The van der Waals surface area contributed by atoms with E-state index < -0.39 is 5.54 Å². The number of rotatable bonds is 5. The number of nitrogens with one attached hydrogen (secondary N) is 1. The molecule has 2 aromatic rings. The Morgan fingerprint density at radius 2 is 1.88 bits per heavy atom. The van der Waals surface area contributed by atoms with Crippen molar-refractivity contribution in [3.05, 3.63) is 51.2 Å². The molecular weight excluding hydrogens is 372 g/mol. The van der Waals surface area contributed by atoms with E-state index in [-0.39, 0.29) is 36.5 Å². The fourth-order valence-electron chi connectivity index (χ4n) is 1.90. The van der Waals surface area contributed by atoms with E-state index >= 15 is 0 Å². The SMILES string of the molecule is Cc1nc(Cc2ccc(F)cc2)sc1C(=O)NCC(C)(C)N.Cl.Cl. The first kappa shape index (κ1) is 22.8. The molecule has 134 valence electrons. The Bertz CT molecular complexity index is 669. The van der Waals surface area contributed by atoms with Crippen LogP contribution in [0.5, 0.6) is 0 Å². The molecule has 1 aromatic heterocycles. The van der Waals surface area contributed by atoms with Crippen LogP contribution >= 0.6 is 36.2 Å². The molecule has 1 amide bonds. The van der Waals surface area contributed by atoms with Gasteiger partial charge in [0.25, 0.3) is 5.91 Å². The van der Waals surface area contributed by atoms with Gasteiger partial charge in [0, 0.05) is 18.5 Å². The molecule has 1 aromatic carbocycles. The van der Waals surface area contributed by atoms with Gasteiger partial charge in [0.2, 0.25) is 0 Å². The van der Waals surface area contributed by atoms with Crippen LogP contribution in [0.2, 0.25) is 0 Å². The van der Waals surface area contributed by atoms with Gasteiger partial charge in [0.05, 0.1) is 10.7 Å². The quantitative estimate of drug-likeness (QED) is 0.816. The monoisotopic (exact) mass is 393 g/mol. The summed E-state index contributed by atoms with van der Waals surface area (Å²) in [6.45, 7) is 5.92. The fourth-order valence-corrected chi connectivity index (χ4v) is 2.92. The number of nitrogens with two attached hydrogens (primary N) is 1. The zero-order chi connectivity index (χ0) is 16.3. The lowest BCUT2D eigenvalue weighted by molar-refractivity contribution is 0.0949. The standard InChI is InChI=1S/C16H20FN3OS.2ClH/c1-10-14(15(21)19-9-16(2,3)18)22-13(20-10)8-11-4-6-12(17)7-5-11;;/h4-7H,8-9,18H2,1-3H3,(H,19,21);2*1H. The molecule has 0 spiro atoms. The predicted octanol–water partition coefficient (Wildman–Crippen LogP) is 3.49. The fraction of sp³-hybridized carbons (Fsp3) is 0.375. The van der Waals surface area contributed by atoms with E-state index in [1.807, 2.05) is 20.8 Å². The van der Waals surface area contributed by atoms with Gasteiger partial charge in [-0.3, -0.25) is 4.79 Å². The first-order chi connectivity index (χ1) is 10.2. The maximum atomic E-state index is 12.9. The molecule has 0 unspecified atom stereocenters. The van der Waals surface area contributed by atoms with Crippen molar-refractivity contribution in [2.24, 2.45) is 5.73 Å². The van der Waals surface area contributed by atoms with Crippen LogP contribution in [0.25, 0.3) is 0 Å². The molecule has 0 aliphatic carbocycles. The number of aryl methyl sites for hydroxylation is 1. The van der Waals surface area contributed by atoms with Gasteiger partial charge in [-0.15, -0.1) is 36.2 Å². The second-order valence-electron chi connectivity index (χ2n) is 6.00. The number of amides is 1. The Morgan fingerprint density at radius 3 is 2.42 bits per heavy atom. The van der Waals surface area contributed by atoms with Gasteiger partial charge >= 0.3 is 0 Å². The lowest BCUT2D eigenvalue weighted by Gasteiger charge is -2.18. The van der Waals surface area contributed by atoms with Gasteiger partial charge in [0.15, 0.2) is 0 Å². The Balaban J connectivity index is 0.00000264. The molecule has 0 saturated carbocycles. The third-order valence-electron chi connectivity index (χ3n) is 3.02. The van der Waals surface area contributed by atoms with Gasteiger partial charge in [0.1, 0.15) is 10.7 Å². The van der Waals surface area contributed by atoms with Crippen molar-refractivity contribution in [2.75, 3.05) is 6.54 Å². The number of hydrogen-bond acceptors (Lipinski definition) is 4. The molecule has 3 N–H and O–H groups in total. The topological polar surface area (TPSA) is 68.0 Å². The Hall–Kier alpha value is -1.21. The summed E-state index contributed by atoms with van der Waals surface area (Å²) in [5, 5.41) is 3.66. The van der Waals surface area contributed by atoms with Crippen LogP contribution in [0.3, 0.4) is 0 Å². The minimum atomic E-state index is -0.453. The maximum absolute atomic E-state index is 12.9. The van der Waals surface area contributed by atoms with Gasteiger partial charge in [-0.1, -0.05) is 12.1 Å². The molecule has 0 radical (unpaired) electrons. The highest BCUT2D eigenvalue weighted by Crippen LogP contribution is 2.21. The minimum Gasteiger partial charge on any atom is -0.349 e. The lowest BCUT2D eigenvalue weighted by atomic mass is 10.1. The van der Waals surface area contributed by atoms with Crippen LogP contribution in [0.4, 0.5) is 4.39 Å². The highest BCUT2D eigenvalue weighted by Gasteiger charge is 2.18. The Labute approximate surface area is 157 Å². The molecule has 0 atom stereocenters. The highest BCUT2D eigenvalue weighted by molar-refractivity contribution is 7.13. The summed E-state index contributed by atoms with van der Waals surface area (Å²) in [6.07, 6.45) is 0.585. The molecule has 1 heterocycles. The van der Waals surface area contributed by atoms with E-state index in [4.69, 9.17) is 5.73 Å². The first-order valence-electron chi connectivity index (χ1n) is 7.02. The minimum absolute atomic E-state index is 0. The van der Waals surface area contributed by atoms with E-state index in [1.54, 1.807) is 12.1 Å². The normalized spacial score (nSPS) is 10.5. The van der Waals surface area contributed by atoms with Crippen LogP contribution in [0.15, 0.2) is 24.3 Å². The van der Waals surface area contributed by atoms with Crippen molar-refractivity contribution in [2.45, 2.75) is 32.7 Å². The van der Waals surface area contributed by atoms with E-state index in [0.29, 0.717) is 23.5 Å². The summed E-state index contributed by atoms with van der Waals surface area (Å²) >= 11 is 1.36. The van der Waals surface area contributed by atoms with Crippen LogP contribution < -0.4 is 11.1 Å². The molecule has 0 aliphatic heterocycles. The van der Waals surface area contributed by atoms with Gasteiger partial charge < -0.3 is 11.1 Å². The summed E-state index contributed by atoms with van der Waals surface area (Å²) in [5.41, 5.74) is 7.08. The van der Waals surface area contributed by atoms with Crippen LogP contribution in [-0.2, 0) is 6.42 Å². The average molecular weight is 394 g/mol. The summed E-state index contributed by atoms with van der Waals surface area (Å²) in [4.78, 5) is 17.2. The second kappa shape index (κ2) is 9.32. The van der Waals surface area contributed by atoms with Crippen molar-refractivity contribution in [1.29, 1.82) is 0 Å². The third-order valence-corrected chi connectivity index (χ3v) is 4.18. The summed E-state index contributed by atoms with van der Waals surface area (Å²) in [6, 6.07) is 6.30. The van der Waals surface area contributed by atoms with Crippen molar-refractivity contribution in [3.8, 4) is 0 Å². The summed E-state index contributed by atoms with van der Waals surface area (Å²) in [7, 11) is 0. The predicted molar refractivity (Wildman–Crippen MR) is 101 cm³/mol. The zero-order valence-corrected chi connectivity index (χ0v) is 16.2. The van der Waals surface area contributed by atoms with Gasteiger partial charge in [-0.2, -0.15) is 0 Å². The van der Waals surface area contributed by atoms with Crippen molar-refractivity contribution >= 4 is 42.1 Å². The molecule has 0 bridgehead atoms. The van der Waals surface area contributed by atoms with Crippen LogP contribution in [0.1, 0.15) is 39.8 Å². The molecular formula is C16H22Cl2FN3OS. The molecule has 8 heteroatoms. The van der Waals surface area contributed by atoms with E-state index in [1.165, 1.54) is 23.5 Å². The first-order valence-corrected chi connectivity index (χ1v) is 7.84. The number of thiazole rings is 1. The number of carbonyl (C=O) groups excluding carboxylic acids is 1. The Kier molecular flexibility index (Phi) is 8.85. The van der Waals surface area contributed by atoms with E-state index in [2.05, 4.69) is 10.3 Å². The number of carbonyl (C=O) groups is 1. The number of nitrogens with zero attached hydrogens (tertiary/aromatic N) is 1. The van der Waals surface area contributed by atoms with Crippen molar-refractivity contribution in [3.63, 3.8) is 0 Å². The molecule has 2 rings (SSSR count). The second-order valence-corrected chi connectivity index (χ2v) is 7.08. The number of hydrogen-bond donors (Lipinski definition) is 2. The molecule has 0 saturated heterocycles. The molecule has 0 fully saturated rings. The molecule has 24 heavy (non-hydrogen) atoms. The van der Waals surface area contributed by atoms with E-state index in [0.717, 1.165) is 10.6 Å². The average Bonchev–Trinajstić information content (AvgIpc) is 2.79. The van der Waals surface area contributed by atoms with Crippen LogP contribution in [0, 0.1) is 12.7 Å². The molecule has 0 aliphatic rings. The van der Waals surface area contributed by atoms with Crippen molar-refractivity contribution in [1.82, 2.24) is 10.3 Å². The van der Waals surface area contributed by atoms with Gasteiger partial charge in [-0.25, -0.2) is 9.37 Å². The smallest absolute Gasteiger partial charge is 0.263 e. The summed E-state index contributed by atoms with van der Waals surface area (Å²) < 4.78 is 12.9. The zero-order valence-electron chi connectivity index (χ0n) is 13.8. The van der Waals surface area contributed by atoms with E-state index in [9.17, 15) is 9.18 Å². The van der Waals surface area contributed by atoms with Crippen molar-refractivity contribution < 1.29 is 9.18 Å². The lowest BCUT2D eigenvalue weighted by Crippen LogP contribution is -2.45. The summed E-state index contributed by atoms with van der Waals surface area (Å²) in [5.74, 6) is -0.414. The van der Waals surface area contributed by atoms with Gasteiger partial charge in [-0.05, 0) is 38.5 Å². The maximum Gasteiger partial charge on any atom is 0.263 e. The number of halogens is 3. The highest BCUT2D eigenvalue weighted by atomic mass is 35.5. The van der Waals surface area contributed by atoms with Crippen LogP contribution in [-0.4, -0.2) is 23.0 Å². The molecule has 4 nitrogen and oxygen atoms in total. The number of aromatic nitrogens is 1. The largest absolute Gasteiger partial charge is 0.349 e. The third kappa shape index (κ3) is 6.73. The number of benzene rings is 1.